The van der Waals surface area contributed by atoms with Crippen LogP contribution in [0.5, 0.6) is 0 Å². The molecule has 0 aliphatic rings. The summed E-state index contributed by atoms with van der Waals surface area (Å²) in [6.07, 6.45) is 3.93. The maximum absolute atomic E-state index is 5.77. The molecule has 1 atom stereocenters. The van der Waals surface area contributed by atoms with Crippen LogP contribution >= 0.6 is 0 Å². The van der Waals surface area contributed by atoms with Crippen LogP contribution < -0.4 is 0 Å². The predicted octanol–water partition coefficient (Wildman–Crippen LogP) is 6.69. The lowest BCUT2D eigenvalue weighted by molar-refractivity contribution is 0.404. The standard InChI is InChI=1S/C20H38OSi2/c1-8-9-15-20(2,19-13-11-10-12-14-19)18-22(4,5)16-17-23(6,7)21-3/h10-14H,8-9,15-18H2,1-7H3. The van der Waals surface area contributed by atoms with Crippen molar-refractivity contribution in [1.29, 1.82) is 0 Å². The molecule has 23 heavy (non-hydrogen) atoms. The molecular formula is C20H38OSi2. The summed E-state index contributed by atoms with van der Waals surface area (Å²) in [7, 11) is -0.776. The van der Waals surface area contributed by atoms with E-state index in [0.717, 1.165) is 0 Å². The van der Waals surface area contributed by atoms with Gasteiger partial charge in [0.15, 0.2) is 8.32 Å². The van der Waals surface area contributed by atoms with Gasteiger partial charge in [-0.05, 0) is 42.6 Å². The molecule has 0 aliphatic carbocycles. The fraction of sp³-hybridized carbons (Fsp3) is 0.700. The van der Waals surface area contributed by atoms with Crippen molar-refractivity contribution in [2.45, 2.75) is 82.8 Å². The summed E-state index contributed by atoms with van der Waals surface area (Å²) in [4.78, 5) is 0. The summed E-state index contributed by atoms with van der Waals surface area (Å²) >= 11 is 0. The first-order valence-electron chi connectivity index (χ1n) is 9.25. The van der Waals surface area contributed by atoms with Crippen LogP contribution in [0.25, 0.3) is 0 Å². The second-order valence-corrected chi connectivity index (χ2v) is 18.4. The molecule has 3 heteroatoms. The minimum Gasteiger partial charge on any atom is -0.420 e. The number of rotatable bonds is 10. The zero-order chi connectivity index (χ0) is 17.6. The second-order valence-electron chi connectivity index (χ2n) is 8.84. The van der Waals surface area contributed by atoms with E-state index in [1.165, 1.54) is 43.0 Å². The molecule has 0 saturated heterocycles. The fourth-order valence-electron chi connectivity index (χ4n) is 3.63. The number of hydrogen-bond acceptors (Lipinski definition) is 1. The van der Waals surface area contributed by atoms with E-state index in [4.69, 9.17) is 4.43 Å². The van der Waals surface area contributed by atoms with Gasteiger partial charge in [0, 0.05) is 15.2 Å². The monoisotopic (exact) mass is 350 g/mol. The normalized spacial score (nSPS) is 15.4. The van der Waals surface area contributed by atoms with Crippen molar-refractivity contribution in [2.75, 3.05) is 7.11 Å². The Bertz CT molecular complexity index is 456. The third kappa shape index (κ3) is 6.94. The Morgan fingerprint density at radius 3 is 2.13 bits per heavy atom. The fourth-order valence-corrected chi connectivity index (χ4v) is 11.6. The number of unbranched alkanes of at least 4 members (excludes halogenated alkanes) is 1. The largest absolute Gasteiger partial charge is 0.420 e. The highest BCUT2D eigenvalue weighted by Gasteiger charge is 2.36. The molecule has 0 spiro atoms. The van der Waals surface area contributed by atoms with Crippen LogP contribution in [0, 0.1) is 0 Å². The molecule has 0 fully saturated rings. The summed E-state index contributed by atoms with van der Waals surface area (Å²) < 4.78 is 5.77. The molecule has 1 aromatic carbocycles. The van der Waals surface area contributed by atoms with E-state index in [1.54, 1.807) is 0 Å². The van der Waals surface area contributed by atoms with Gasteiger partial charge in [0.25, 0.3) is 0 Å². The first-order valence-corrected chi connectivity index (χ1v) is 15.8. The number of hydrogen-bond donors (Lipinski definition) is 0. The van der Waals surface area contributed by atoms with Gasteiger partial charge in [-0.2, -0.15) is 0 Å². The zero-order valence-corrected chi connectivity index (χ0v) is 18.5. The van der Waals surface area contributed by atoms with Crippen molar-refractivity contribution in [2.24, 2.45) is 0 Å². The van der Waals surface area contributed by atoms with Crippen LogP contribution in [-0.2, 0) is 9.84 Å². The predicted molar refractivity (Wildman–Crippen MR) is 110 cm³/mol. The molecule has 1 rings (SSSR count). The summed E-state index contributed by atoms with van der Waals surface area (Å²) in [6, 6.07) is 15.3. The molecule has 0 aromatic heterocycles. The summed E-state index contributed by atoms with van der Waals surface area (Å²) in [5, 5.41) is 0. The lowest BCUT2D eigenvalue weighted by Gasteiger charge is -2.38. The second kappa shape index (κ2) is 8.63. The average molecular weight is 351 g/mol. The Kier molecular flexibility index (Phi) is 7.76. The van der Waals surface area contributed by atoms with Gasteiger partial charge in [-0.25, -0.2) is 0 Å². The third-order valence-corrected chi connectivity index (χ3v) is 11.8. The molecule has 0 N–H and O–H groups in total. The molecule has 132 valence electrons. The van der Waals surface area contributed by atoms with Gasteiger partial charge >= 0.3 is 0 Å². The molecule has 1 aromatic rings. The summed E-state index contributed by atoms with van der Waals surface area (Å²) in [5.41, 5.74) is 1.88. The van der Waals surface area contributed by atoms with E-state index in [2.05, 4.69) is 70.4 Å². The maximum Gasteiger partial charge on any atom is 0.185 e. The van der Waals surface area contributed by atoms with E-state index >= 15 is 0 Å². The van der Waals surface area contributed by atoms with E-state index in [1.807, 2.05) is 7.11 Å². The highest BCUT2D eigenvalue weighted by molar-refractivity contribution is 6.80. The van der Waals surface area contributed by atoms with E-state index in [9.17, 15) is 0 Å². The van der Waals surface area contributed by atoms with E-state index in [-0.39, 0.29) is 0 Å². The van der Waals surface area contributed by atoms with Gasteiger partial charge in [0.2, 0.25) is 0 Å². The Labute approximate surface area is 147 Å². The molecule has 1 nitrogen and oxygen atoms in total. The molecule has 0 amide bonds. The van der Waals surface area contributed by atoms with Crippen molar-refractivity contribution in [3.8, 4) is 0 Å². The molecule has 0 radical (unpaired) electrons. The van der Waals surface area contributed by atoms with Crippen LogP contribution in [-0.4, -0.2) is 23.5 Å². The van der Waals surface area contributed by atoms with Gasteiger partial charge in [-0.3, -0.25) is 0 Å². The molecular weight excluding hydrogens is 312 g/mol. The van der Waals surface area contributed by atoms with Crippen LogP contribution in [0.3, 0.4) is 0 Å². The SMILES string of the molecule is CCCCC(C)(C[Si](C)(C)CC[Si](C)(C)OC)c1ccccc1. The Morgan fingerprint density at radius 2 is 1.61 bits per heavy atom. The van der Waals surface area contributed by atoms with Gasteiger partial charge in [0.05, 0.1) is 0 Å². The molecule has 0 aliphatic heterocycles. The van der Waals surface area contributed by atoms with Crippen LogP contribution in [0.4, 0.5) is 0 Å². The average Bonchev–Trinajstić information content (AvgIpc) is 2.52. The third-order valence-electron chi connectivity index (χ3n) is 5.38. The Balaban J connectivity index is 2.87. The number of benzene rings is 1. The van der Waals surface area contributed by atoms with Crippen molar-refractivity contribution in [1.82, 2.24) is 0 Å². The minimum absolute atomic E-state index is 0.339. The van der Waals surface area contributed by atoms with Crippen LogP contribution in [0.1, 0.15) is 38.7 Å². The van der Waals surface area contributed by atoms with Crippen molar-refractivity contribution in [3.63, 3.8) is 0 Å². The van der Waals surface area contributed by atoms with E-state index < -0.39 is 16.4 Å². The first kappa shape index (κ1) is 20.7. The highest BCUT2D eigenvalue weighted by atomic mass is 28.4. The Morgan fingerprint density at radius 1 is 1.00 bits per heavy atom. The van der Waals surface area contributed by atoms with Crippen molar-refractivity contribution >= 4 is 16.4 Å². The topological polar surface area (TPSA) is 9.23 Å². The lowest BCUT2D eigenvalue weighted by Crippen LogP contribution is -2.39. The van der Waals surface area contributed by atoms with Crippen molar-refractivity contribution in [3.05, 3.63) is 35.9 Å². The molecule has 1 unspecified atom stereocenters. The minimum atomic E-state index is -1.43. The van der Waals surface area contributed by atoms with Gasteiger partial charge in [0.1, 0.15) is 0 Å². The van der Waals surface area contributed by atoms with Crippen molar-refractivity contribution < 1.29 is 4.43 Å². The van der Waals surface area contributed by atoms with Crippen LogP contribution in [0.15, 0.2) is 30.3 Å². The first-order chi connectivity index (χ1) is 10.6. The zero-order valence-electron chi connectivity index (χ0n) is 16.5. The smallest absolute Gasteiger partial charge is 0.185 e. The lowest BCUT2D eigenvalue weighted by atomic mass is 9.80. The van der Waals surface area contributed by atoms with Gasteiger partial charge in [-0.1, -0.05) is 76.2 Å². The summed E-state index contributed by atoms with van der Waals surface area (Å²) in [6.45, 7) is 14.7. The summed E-state index contributed by atoms with van der Waals surface area (Å²) in [5.74, 6) is 0. The maximum atomic E-state index is 5.77. The Hall–Kier alpha value is -0.386. The molecule has 0 saturated carbocycles. The highest BCUT2D eigenvalue weighted by Crippen LogP contribution is 2.40. The van der Waals surface area contributed by atoms with E-state index in [0.29, 0.717) is 5.41 Å². The van der Waals surface area contributed by atoms with Gasteiger partial charge < -0.3 is 4.43 Å². The quantitative estimate of drug-likeness (QED) is 0.427. The van der Waals surface area contributed by atoms with Gasteiger partial charge in [-0.15, -0.1) is 0 Å². The molecule has 0 bridgehead atoms. The molecule has 0 heterocycles. The van der Waals surface area contributed by atoms with Crippen LogP contribution in [0.2, 0.25) is 44.3 Å².